The van der Waals surface area contributed by atoms with E-state index in [0.29, 0.717) is 28.4 Å². The zero-order valence-electron chi connectivity index (χ0n) is 14.0. The number of anilines is 1. The van der Waals surface area contributed by atoms with E-state index < -0.39 is 17.7 Å². The Hall–Kier alpha value is -3.20. The van der Waals surface area contributed by atoms with Crippen molar-refractivity contribution in [1.82, 2.24) is 19.6 Å². The number of carbonyl (C=O) groups is 2. The van der Waals surface area contributed by atoms with Gasteiger partial charge in [-0.2, -0.15) is 10.2 Å². The Morgan fingerprint density at radius 3 is 2.70 bits per heavy atom. The molecular formula is C17H15ClFN5O3. The van der Waals surface area contributed by atoms with Crippen molar-refractivity contribution in [2.45, 2.75) is 19.5 Å². The van der Waals surface area contributed by atoms with Crippen LogP contribution < -0.4 is 5.32 Å². The number of rotatable bonds is 7. The molecule has 2 aromatic heterocycles. The van der Waals surface area contributed by atoms with Gasteiger partial charge in [-0.15, -0.1) is 0 Å². The van der Waals surface area contributed by atoms with Crippen molar-refractivity contribution in [2.24, 2.45) is 0 Å². The van der Waals surface area contributed by atoms with Gasteiger partial charge in [0.25, 0.3) is 5.91 Å². The van der Waals surface area contributed by atoms with Crippen LogP contribution in [0, 0.1) is 5.82 Å². The number of aliphatic carboxylic acids is 1. The third-order valence-electron chi connectivity index (χ3n) is 3.69. The van der Waals surface area contributed by atoms with Gasteiger partial charge >= 0.3 is 5.97 Å². The smallest absolute Gasteiger partial charge is 0.305 e. The Kier molecular flexibility index (Phi) is 5.51. The lowest BCUT2D eigenvalue weighted by molar-refractivity contribution is -0.137. The zero-order chi connectivity index (χ0) is 19.4. The summed E-state index contributed by atoms with van der Waals surface area (Å²) in [6.07, 6.45) is 5.85. The van der Waals surface area contributed by atoms with Crippen molar-refractivity contribution in [3.8, 4) is 0 Å². The lowest BCUT2D eigenvalue weighted by Gasteiger charge is -2.04. The number of hydrogen-bond acceptors (Lipinski definition) is 4. The number of hydrogen-bond donors (Lipinski definition) is 2. The zero-order valence-corrected chi connectivity index (χ0v) is 14.7. The van der Waals surface area contributed by atoms with Crippen molar-refractivity contribution >= 4 is 29.2 Å². The number of aromatic nitrogens is 4. The fourth-order valence-corrected chi connectivity index (χ4v) is 2.58. The second kappa shape index (κ2) is 8.00. The molecule has 10 heteroatoms. The second-order valence-corrected chi connectivity index (χ2v) is 6.16. The first-order valence-corrected chi connectivity index (χ1v) is 8.30. The molecule has 0 unspecified atom stereocenters. The Balaban J connectivity index is 1.61. The van der Waals surface area contributed by atoms with Crippen molar-refractivity contribution in [3.05, 3.63) is 65.0 Å². The van der Waals surface area contributed by atoms with Gasteiger partial charge in [0.15, 0.2) is 0 Å². The summed E-state index contributed by atoms with van der Waals surface area (Å²) >= 11 is 6.00. The summed E-state index contributed by atoms with van der Waals surface area (Å²) in [5.74, 6) is -1.75. The van der Waals surface area contributed by atoms with E-state index in [2.05, 4.69) is 15.5 Å². The SMILES string of the molecule is O=C(O)CCn1cc(C(=O)Nc2cnn(Cc3ccc(F)cc3Cl)c2)cn1. The predicted octanol–water partition coefficient (Wildman–Crippen LogP) is 2.65. The van der Waals surface area contributed by atoms with Crippen LogP contribution in [0.25, 0.3) is 0 Å². The molecule has 2 N–H and O–H groups in total. The number of nitrogens with zero attached hydrogens (tertiary/aromatic N) is 4. The maximum Gasteiger partial charge on any atom is 0.305 e. The largest absolute Gasteiger partial charge is 0.481 e. The highest BCUT2D eigenvalue weighted by atomic mass is 35.5. The van der Waals surface area contributed by atoms with Crippen LogP contribution in [0.1, 0.15) is 22.3 Å². The minimum absolute atomic E-state index is 0.0819. The van der Waals surface area contributed by atoms with Crippen LogP contribution in [0.5, 0.6) is 0 Å². The molecule has 0 aliphatic rings. The molecule has 140 valence electrons. The third kappa shape index (κ3) is 4.91. The first kappa shape index (κ1) is 18.6. The van der Waals surface area contributed by atoms with Crippen molar-refractivity contribution in [3.63, 3.8) is 0 Å². The van der Waals surface area contributed by atoms with E-state index >= 15 is 0 Å². The summed E-state index contributed by atoms with van der Waals surface area (Å²) < 4.78 is 16.0. The van der Waals surface area contributed by atoms with Gasteiger partial charge in [0.1, 0.15) is 5.82 Å². The Morgan fingerprint density at radius 1 is 1.19 bits per heavy atom. The summed E-state index contributed by atoms with van der Waals surface area (Å²) in [6, 6.07) is 4.11. The number of benzene rings is 1. The van der Waals surface area contributed by atoms with Gasteiger partial charge in [-0.1, -0.05) is 17.7 Å². The lowest BCUT2D eigenvalue weighted by atomic mass is 10.2. The van der Waals surface area contributed by atoms with Crippen LogP contribution in [0.2, 0.25) is 5.02 Å². The molecule has 27 heavy (non-hydrogen) atoms. The lowest BCUT2D eigenvalue weighted by Crippen LogP contribution is -2.11. The highest BCUT2D eigenvalue weighted by Crippen LogP contribution is 2.19. The highest BCUT2D eigenvalue weighted by molar-refractivity contribution is 6.31. The summed E-state index contributed by atoms with van der Waals surface area (Å²) in [7, 11) is 0. The summed E-state index contributed by atoms with van der Waals surface area (Å²) in [5, 5.41) is 19.7. The highest BCUT2D eigenvalue weighted by Gasteiger charge is 2.11. The molecule has 0 aliphatic carbocycles. The standard InChI is InChI=1S/C17H15ClFN5O3/c18-15-5-13(19)2-1-11(15)8-24-10-14(7-21-24)22-17(27)12-6-20-23(9-12)4-3-16(25)26/h1-2,5-7,9-10H,3-4,8H2,(H,22,27)(H,25,26). The van der Waals surface area contributed by atoms with E-state index in [9.17, 15) is 14.0 Å². The maximum atomic E-state index is 13.1. The Bertz CT molecular complexity index is 985. The molecular weight excluding hydrogens is 377 g/mol. The van der Waals surface area contributed by atoms with Crippen LogP contribution >= 0.6 is 11.6 Å². The van der Waals surface area contributed by atoms with E-state index in [4.69, 9.17) is 16.7 Å². The molecule has 1 amide bonds. The van der Waals surface area contributed by atoms with Crippen LogP contribution in [0.15, 0.2) is 43.0 Å². The molecule has 8 nitrogen and oxygen atoms in total. The van der Waals surface area contributed by atoms with Crippen molar-refractivity contribution < 1.29 is 19.1 Å². The molecule has 0 bridgehead atoms. The Labute approximate surface area is 158 Å². The summed E-state index contributed by atoms with van der Waals surface area (Å²) in [6.45, 7) is 0.501. The molecule has 3 rings (SSSR count). The van der Waals surface area contributed by atoms with E-state index in [1.165, 1.54) is 35.4 Å². The maximum absolute atomic E-state index is 13.1. The normalized spacial score (nSPS) is 10.7. The minimum Gasteiger partial charge on any atom is -0.481 e. The van der Waals surface area contributed by atoms with E-state index in [-0.39, 0.29) is 13.0 Å². The molecule has 0 saturated heterocycles. The molecule has 0 radical (unpaired) electrons. The van der Waals surface area contributed by atoms with Gasteiger partial charge in [0.2, 0.25) is 0 Å². The number of carboxylic acid groups (broad SMARTS) is 1. The van der Waals surface area contributed by atoms with Gasteiger partial charge in [0, 0.05) is 17.4 Å². The van der Waals surface area contributed by atoms with Crippen LogP contribution in [-0.2, 0) is 17.9 Å². The number of halogens is 2. The van der Waals surface area contributed by atoms with E-state index in [0.717, 1.165) is 0 Å². The van der Waals surface area contributed by atoms with Crippen LogP contribution in [0.4, 0.5) is 10.1 Å². The number of nitrogens with one attached hydrogen (secondary N) is 1. The summed E-state index contributed by atoms with van der Waals surface area (Å²) in [5.41, 5.74) is 1.46. The molecule has 3 aromatic rings. The van der Waals surface area contributed by atoms with Gasteiger partial charge in [-0.05, 0) is 17.7 Å². The minimum atomic E-state index is -0.940. The monoisotopic (exact) mass is 391 g/mol. The molecule has 1 aromatic carbocycles. The number of carbonyl (C=O) groups excluding carboxylic acids is 1. The summed E-state index contributed by atoms with van der Waals surface area (Å²) in [4.78, 5) is 22.8. The average Bonchev–Trinajstić information content (AvgIpc) is 3.25. The molecule has 0 aliphatic heterocycles. The number of carboxylic acids is 1. The van der Waals surface area contributed by atoms with Gasteiger partial charge in [0.05, 0.1) is 43.2 Å². The Morgan fingerprint density at radius 2 is 1.96 bits per heavy atom. The molecule has 0 saturated carbocycles. The molecule has 0 spiro atoms. The van der Waals surface area contributed by atoms with Gasteiger partial charge < -0.3 is 10.4 Å². The topological polar surface area (TPSA) is 102 Å². The van der Waals surface area contributed by atoms with Gasteiger partial charge in [-0.25, -0.2) is 4.39 Å². The van der Waals surface area contributed by atoms with Crippen LogP contribution in [-0.4, -0.2) is 36.5 Å². The quantitative estimate of drug-likeness (QED) is 0.644. The van der Waals surface area contributed by atoms with Crippen molar-refractivity contribution in [1.29, 1.82) is 0 Å². The molecule has 2 heterocycles. The van der Waals surface area contributed by atoms with Gasteiger partial charge in [-0.3, -0.25) is 19.0 Å². The predicted molar refractivity (Wildman–Crippen MR) is 95.2 cm³/mol. The van der Waals surface area contributed by atoms with E-state index in [1.54, 1.807) is 16.9 Å². The molecule has 0 fully saturated rings. The average molecular weight is 392 g/mol. The number of aryl methyl sites for hydroxylation is 1. The van der Waals surface area contributed by atoms with Crippen molar-refractivity contribution in [2.75, 3.05) is 5.32 Å². The fourth-order valence-electron chi connectivity index (χ4n) is 2.36. The fraction of sp³-hybridized carbons (Fsp3) is 0.176. The van der Waals surface area contributed by atoms with E-state index in [1.807, 2.05) is 0 Å². The number of amides is 1. The second-order valence-electron chi connectivity index (χ2n) is 5.75. The third-order valence-corrected chi connectivity index (χ3v) is 4.04. The first-order valence-electron chi connectivity index (χ1n) is 7.92. The van der Waals surface area contributed by atoms with Crippen LogP contribution in [0.3, 0.4) is 0 Å². The first-order chi connectivity index (χ1) is 12.9. The molecule has 0 atom stereocenters.